The van der Waals surface area contributed by atoms with Gasteiger partial charge in [0.05, 0.1) is 18.3 Å². The van der Waals surface area contributed by atoms with Gasteiger partial charge < -0.3 is 15.2 Å². The highest BCUT2D eigenvalue weighted by atomic mass is 19.1. The fourth-order valence-electron chi connectivity index (χ4n) is 1.81. The fraction of sp³-hybridized carbons (Fsp3) is 0.333. The molecule has 1 atom stereocenters. The maximum absolute atomic E-state index is 13.0. The van der Waals surface area contributed by atoms with E-state index in [1.54, 1.807) is 18.2 Å². The minimum Gasteiger partial charge on any atom is -0.487 e. The van der Waals surface area contributed by atoms with Crippen molar-refractivity contribution in [3.8, 4) is 5.75 Å². The lowest BCUT2D eigenvalue weighted by atomic mass is 10.2. The number of hydrogen-bond donors (Lipinski definition) is 3. The molecule has 22 heavy (non-hydrogen) atoms. The van der Waals surface area contributed by atoms with Crippen molar-refractivity contribution in [2.45, 2.75) is 26.0 Å². The number of amides is 1. The summed E-state index contributed by atoms with van der Waals surface area (Å²) in [5, 5.41) is 18.3. The number of aromatic nitrogens is 2. The Morgan fingerprint density at radius 2 is 2.32 bits per heavy atom. The molecule has 0 aliphatic heterocycles. The van der Waals surface area contributed by atoms with E-state index in [0.29, 0.717) is 17.9 Å². The number of H-pyrrole nitrogens is 1. The van der Waals surface area contributed by atoms with Gasteiger partial charge in [-0.15, -0.1) is 0 Å². The molecule has 0 aliphatic rings. The van der Waals surface area contributed by atoms with E-state index in [-0.39, 0.29) is 36.7 Å². The third kappa shape index (κ3) is 4.29. The first-order valence-corrected chi connectivity index (χ1v) is 6.96. The molecule has 1 heterocycles. The summed E-state index contributed by atoms with van der Waals surface area (Å²) in [5.41, 5.74) is 0.802. The van der Waals surface area contributed by atoms with Crippen molar-refractivity contribution < 1.29 is 19.0 Å². The van der Waals surface area contributed by atoms with Crippen molar-refractivity contribution in [1.82, 2.24) is 15.5 Å². The summed E-state index contributed by atoms with van der Waals surface area (Å²) in [6, 6.07) is 7.06. The number of halogens is 1. The van der Waals surface area contributed by atoms with Crippen LogP contribution in [0.2, 0.25) is 0 Å². The number of nitrogens with one attached hydrogen (secondary N) is 2. The number of aliphatic hydroxyl groups is 1. The van der Waals surface area contributed by atoms with Gasteiger partial charge >= 0.3 is 0 Å². The SMILES string of the molecule is CC[C@@H](CO)NC(=O)c1cc(COc2cccc(F)c2)[nH]n1. The zero-order chi connectivity index (χ0) is 15.9. The normalized spacial score (nSPS) is 12.0. The minimum atomic E-state index is -0.378. The largest absolute Gasteiger partial charge is 0.487 e. The molecular weight excluding hydrogens is 289 g/mol. The molecule has 118 valence electrons. The highest BCUT2D eigenvalue weighted by Gasteiger charge is 2.14. The van der Waals surface area contributed by atoms with Crippen LogP contribution in [0.1, 0.15) is 29.5 Å². The van der Waals surface area contributed by atoms with E-state index in [9.17, 15) is 9.18 Å². The number of rotatable bonds is 7. The molecule has 1 aromatic heterocycles. The van der Waals surface area contributed by atoms with E-state index in [2.05, 4.69) is 15.5 Å². The molecule has 0 bridgehead atoms. The number of hydrogen-bond acceptors (Lipinski definition) is 4. The Morgan fingerprint density at radius 3 is 3.00 bits per heavy atom. The molecule has 1 aromatic carbocycles. The summed E-state index contributed by atoms with van der Waals surface area (Å²) in [4.78, 5) is 11.9. The number of ether oxygens (including phenoxy) is 1. The van der Waals surface area contributed by atoms with Gasteiger partial charge in [0, 0.05) is 6.07 Å². The van der Waals surface area contributed by atoms with Crippen LogP contribution in [0.5, 0.6) is 5.75 Å². The molecule has 0 saturated heterocycles. The molecule has 3 N–H and O–H groups in total. The van der Waals surface area contributed by atoms with Gasteiger partial charge in [0.15, 0.2) is 0 Å². The van der Waals surface area contributed by atoms with Gasteiger partial charge in [-0.25, -0.2) is 4.39 Å². The number of aromatic amines is 1. The quantitative estimate of drug-likeness (QED) is 0.725. The minimum absolute atomic E-state index is 0.123. The third-order valence-electron chi connectivity index (χ3n) is 3.10. The summed E-state index contributed by atoms with van der Waals surface area (Å²) in [6.45, 7) is 1.88. The zero-order valence-corrected chi connectivity index (χ0v) is 12.2. The molecule has 1 amide bonds. The van der Waals surface area contributed by atoms with Crippen LogP contribution in [0, 0.1) is 5.82 Å². The molecule has 2 aromatic rings. The molecule has 7 heteroatoms. The smallest absolute Gasteiger partial charge is 0.272 e. The van der Waals surface area contributed by atoms with Crippen LogP contribution < -0.4 is 10.1 Å². The van der Waals surface area contributed by atoms with Gasteiger partial charge in [-0.2, -0.15) is 5.10 Å². The Kier molecular flexibility index (Phi) is 5.48. The van der Waals surface area contributed by atoms with Gasteiger partial charge in [-0.05, 0) is 24.6 Å². The number of benzene rings is 1. The second kappa shape index (κ2) is 7.56. The van der Waals surface area contributed by atoms with E-state index < -0.39 is 0 Å². The van der Waals surface area contributed by atoms with Crippen LogP contribution in [0.3, 0.4) is 0 Å². The van der Waals surface area contributed by atoms with Crippen LogP contribution in [0.25, 0.3) is 0 Å². The van der Waals surface area contributed by atoms with E-state index in [4.69, 9.17) is 9.84 Å². The number of carbonyl (C=O) groups is 1. The number of carbonyl (C=O) groups excluding carboxylic acids is 1. The van der Waals surface area contributed by atoms with Gasteiger partial charge in [-0.1, -0.05) is 13.0 Å². The first-order chi connectivity index (χ1) is 10.6. The molecule has 6 nitrogen and oxygen atoms in total. The highest BCUT2D eigenvalue weighted by molar-refractivity contribution is 5.92. The average molecular weight is 307 g/mol. The van der Waals surface area contributed by atoms with Gasteiger partial charge in [0.1, 0.15) is 23.9 Å². The highest BCUT2D eigenvalue weighted by Crippen LogP contribution is 2.13. The lowest BCUT2D eigenvalue weighted by molar-refractivity contribution is 0.0910. The van der Waals surface area contributed by atoms with Crippen LogP contribution in [-0.2, 0) is 6.61 Å². The maximum Gasteiger partial charge on any atom is 0.272 e. The fourth-order valence-corrected chi connectivity index (χ4v) is 1.81. The summed E-state index contributed by atoms with van der Waals surface area (Å²) in [7, 11) is 0. The van der Waals surface area contributed by atoms with Gasteiger partial charge in [0.25, 0.3) is 5.91 Å². The number of nitrogens with zero attached hydrogens (tertiary/aromatic N) is 1. The standard InChI is InChI=1S/C15H18FN3O3/c1-2-11(8-20)17-15(21)14-7-12(18-19-14)9-22-13-5-3-4-10(16)6-13/h3-7,11,20H,2,8-9H2,1H3,(H,17,21)(H,18,19)/t11-/m0/s1. The van der Waals surface area contributed by atoms with Crippen LogP contribution in [0.4, 0.5) is 4.39 Å². The Labute approximate surface area is 127 Å². The van der Waals surface area contributed by atoms with Crippen molar-refractivity contribution in [2.75, 3.05) is 6.61 Å². The molecule has 0 fully saturated rings. The summed E-state index contributed by atoms with van der Waals surface area (Å²) < 4.78 is 18.4. The summed E-state index contributed by atoms with van der Waals surface area (Å²) in [6.07, 6.45) is 0.627. The Morgan fingerprint density at radius 1 is 1.50 bits per heavy atom. The molecule has 2 rings (SSSR count). The van der Waals surface area contributed by atoms with Crippen LogP contribution in [-0.4, -0.2) is 33.9 Å². The Hall–Kier alpha value is -2.41. The van der Waals surface area contributed by atoms with E-state index >= 15 is 0 Å². The van der Waals surface area contributed by atoms with Gasteiger partial charge in [-0.3, -0.25) is 9.89 Å². The van der Waals surface area contributed by atoms with Crippen molar-refractivity contribution in [2.24, 2.45) is 0 Å². The second-order valence-electron chi connectivity index (χ2n) is 4.79. The first kappa shape index (κ1) is 16.0. The summed E-state index contributed by atoms with van der Waals surface area (Å²) >= 11 is 0. The van der Waals surface area contributed by atoms with E-state index in [0.717, 1.165) is 0 Å². The zero-order valence-electron chi connectivity index (χ0n) is 12.2. The Balaban J connectivity index is 1.92. The maximum atomic E-state index is 13.0. The van der Waals surface area contributed by atoms with Crippen LogP contribution >= 0.6 is 0 Å². The molecule has 0 radical (unpaired) electrons. The Bertz CT molecular complexity index is 626. The topological polar surface area (TPSA) is 87.2 Å². The molecule has 0 unspecified atom stereocenters. The molecule has 0 saturated carbocycles. The third-order valence-corrected chi connectivity index (χ3v) is 3.10. The van der Waals surface area contributed by atoms with Crippen molar-refractivity contribution in [1.29, 1.82) is 0 Å². The van der Waals surface area contributed by atoms with Crippen LogP contribution in [0.15, 0.2) is 30.3 Å². The lowest BCUT2D eigenvalue weighted by Crippen LogP contribution is -2.37. The van der Waals surface area contributed by atoms with Gasteiger partial charge in [0.2, 0.25) is 0 Å². The molecule has 0 spiro atoms. The first-order valence-electron chi connectivity index (χ1n) is 6.96. The monoisotopic (exact) mass is 307 g/mol. The second-order valence-corrected chi connectivity index (χ2v) is 4.79. The number of aliphatic hydroxyl groups excluding tert-OH is 1. The summed E-state index contributed by atoms with van der Waals surface area (Å²) in [5.74, 6) is -0.349. The van der Waals surface area contributed by atoms with E-state index in [1.807, 2.05) is 6.92 Å². The average Bonchev–Trinajstić information content (AvgIpc) is 2.99. The van der Waals surface area contributed by atoms with Crippen molar-refractivity contribution >= 4 is 5.91 Å². The molecule has 0 aliphatic carbocycles. The van der Waals surface area contributed by atoms with E-state index in [1.165, 1.54) is 12.1 Å². The predicted octanol–water partition coefficient (Wildman–Crippen LogP) is 1.63. The van der Waals surface area contributed by atoms with Crippen molar-refractivity contribution in [3.63, 3.8) is 0 Å². The van der Waals surface area contributed by atoms with Crippen molar-refractivity contribution in [3.05, 3.63) is 47.5 Å². The predicted molar refractivity (Wildman–Crippen MR) is 78.0 cm³/mol. The lowest BCUT2D eigenvalue weighted by Gasteiger charge is -2.12. The molecular formula is C15H18FN3O3.